The van der Waals surface area contributed by atoms with Gasteiger partial charge in [-0.2, -0.15) is 0 Å². The highest BCUT2D eigenvalue weighted by molar-refractivity contribution is 6.43. The van der Waals surface area contributed by atoms with Gasteiger partial charge in [0.15, 0.2) is 0 Å². The third-order valence-electron chi connectivity index (χ3n) is 3.99. The molecule has 0 unspecified atom stereocenters. The second-order valence-electron chi connectivity index (χ2n) is 5.97. The molecular weight excluding hydrogens is 318 g/mol. The molecule has 2 aromatic carbocycles. The van der Waals surface area contributed by atoms with E-state index in [-0.39, 0.29) is 5.91 Å². The van der Waals surface area contributed by atoms with Crippen molar-refractivity contribution in [2.45, 2.75) is 19.8 Å². The standard InChI is InChI=1S/C19H19N3O3/c1-13-4-2-5-15(12-13)21-19(25)18(24)20-14-7-9-16(10-8-14)22-11-3-6-17(22)23/h2,4-5,7-10,12H,3,6,11H2,1H3,(H,20,24)(H,21,25). The minimum atomic E-state index is -0.744. The summed E-state index contributed by atoms with van der Waals surface area (Å²) in [6.07, 6.45) is 1.42. The number of carbonyl (C=O) groups is 3. The van der Waals surface area contributed by atoms with Crippen LogP contribution in [-0.4, -0.2) is 24.3 Å². The van der Waals surface area contributed by atoms with E-state index in [1.54, 1.807) is 47.4 Å². The Bertz CT molecular complexity index is 815. The van der Waals surface area contributed by atoms with Gasteiger partial charge in [-0.3, -0.25) is 14.4 Å². The molecule has 0 aromatic heterocycles. The highest BCUT2D eigenvalue weighted by Crippen LogP contribution is 2.23. The first-order valence-electron chi connectivity index (χ1n) is 8.12. The van der Waals surface area contributed by atoms with Crippen LogP contribution in [0.4, 0.5) is 17.1 Å². The molecule has 1 fully saturated rings. The summed E-state index contributed by atoms with van der Waals surface area (Å²) in [4.78, 5) is 37.4. The van der Waals surface area contributed by atoms with Gasteiger partial charge in [0.2, 0.25) is 5.91 Å². The average molecular weight is 337 g/mol. The molecule has 25 heavy (non-hydrogen) atoms. The minimum absolute atomic E-state index is 0.106. The van der Waals surface area contributed by atoms with Crippen molar-refractivity contribution in [2.24, 2.45) is 0 Å². The van der Waals surface area contributed by atoms with Crippen molar-refractivity contribution in [1.82, 2.24) is 0 Å². The zero-order chi connectivity index (χ0) is 17.8. The number of amides is 3. The molecule has 1 aliphatic rings. The SMILES string of the molecule is Cc1cccc(NC(=O)C(=O)Nc2ccc(N3CCCC3=O)cc2)c1. The number of aryl methyl sites for hydroxylation is 1. The molecule has 0 bridgehead atoms. The molecule has 3 rings (SSSR count). The second kappa shape index (κ2) is 7.17. The largest absolute Gasteiger partial charge is 0.318 e. The molecule has 0 saturated carbocycles. The smallest absolute Gasteiger partial charge is 0.314 e. The Morgan fingerprint density at radius 2 is 1.64 bits per heavy atom. The van der Waals surface area contributed by atoms with E-state index in [0.29, 0.717) is 24.3 Å². The third kappa shape index (κ3) is 4.03. The summed E-state index contributed by atoms with van der Waals surface area (Å²) in [5, 5.41) is 5.11. The van der Waals surface area contributed by atoms with E-state index in [2.05, 4.69) is 10.6 Å². The molecule has 0 aliphatic carbocycles. The van der Waals surface area contributed by atoms with Gasteiger partial charge in [-0.05, 0) is 55.3 Å². The number of nitrogens with one attached hydrogen (secondary N) is 2. The molecule has 0 spiro atoms. The lowest BCUT2D eigenvalue weighted by molar-refractivity contribution is -0.132. The predicted octanol–water partition coefficient (Wildman–Crippen LogP) is 2.70. The Morgan fingerprint density at radius 1 is 0.960 bits per heavy atom. The fourth-order valence-corrected chi connectivity index (χ4v) is 2.74. The number of hydrogen-bond donors (Lipinski definition) is 2. The van der Waals surface area contributed by atoms with Crippen LogP contribution in [-0.2, 0) is 14.4 Å². The van der Waals surface area contributed by atoms with Crippen LogP contribution in [0.15, 0.2) is 48.5 Å². The van der Waals surface area contributed by atoms with Crippen LogP contribution in [0.5, 0.6) is 0 Å². The van der Waals surface area contributed by atoms with Gasteiger partial charge in [-0.25, -0.2) is 0 Å². The zero-order valence-electron chi connectivity index (χ0n) is 13.9. The number of nitrogens with zero attached hydrogens (tertiary/aromatic N) is 1. The summed E-state index contributed by atoms with van der Waals surface area (Å²) < 4.78 is 0. The van der Waals surface area contributed by atoms with Crippen LogP contribution in [0.1, 0.15) is 18.4 Å². The lowest BCUT2D eigenvalue weighted by Gasteiger charge is -2.16. The van der Waals surface area contributed by atoms with Crippen LogP contribution in [0.3, 0.4) is 0 Å². The van der Waals surface area contributed by atoms with E-state index in [9.17, 15) is 14.4 Å². The number of hydrogen-bond acceptors (Lipinski definition) is 3. The van der Waals surface area contributed by atoms with E-state index in [4.69, 9.17) is 0 Å². The maximum absolute atomic E-state index is 12.0. The number of anilines is 3. The summed E-state index contributed by atoms with van der Waals surface area (Å²) in [5.41, 5.74) is 2.86. The van der Waals surface area contributed by atoms with E-state index in [0.717, 1.165) is 17.7 Å². The van der Waals surface area contributed by atoms with Gasteiger partial charge in [-0.1, -0.05) is 12.1 Å². The fraction of sp³-hybridized carbons (Fsp3) is 0.211. The molecule has 128 valence electrons. The molecule has 2 N–H and O–H groups in total. The molecule has 3 amide bonds. The molecular formula is C19H19N3O3. The average Bonchev–Trinajstić information content (AvgIpc) is 3.01. The quantitative estimate of drug-likeness (QED) is 0.845. The van der Waals surface area contributed by atoms with Crippen molar-refractivity contribution in [3.05, 3.63) is 54.1 Å². The van der Waals surface area contributed by atoms with Gasteiger partial charge in [0.05, 0.1) is 0 Å². The molecule has 1 saturated heterocycles. The lowest BCUT2D eigenvalue weighted by atomic mass is 10.2. The molecule has 6 nitrogen and oxygen atoms in total. The summed E-state index contributed by atoms with van der Waals surface area (Å²) in [7, 11) is 0. The minimum Gasteiger partial charge on any atom is -0.318 e. The maximum Gasteiger partial charge on any atom is 0.314 e. The molecule has 0 radical (unpaired) electrons. The van der Waals surface area contributed by atoms with Crippen LogP contribution >= 0.6 is 0 Å². The van der Waals surface area contributed by atoms with Gasteiger partial charge in [-0.15, -0.1) is 0 Å². The van der Waals surface area contributed by atoms with Crippen LogP contribution in [0.2, 0.25) is 0 Å². The third-order valence-corrected chi connectivity index (χ3v) is 3.99. The van der Waals surface area contributed by atoms with Crippen molar-refractivity contribution in [1.29, 1.82) is 0 Å². The Kier molecular flexibility index (Phi) is 4.79. The molecule has 6 heteroatoms. The lowest BCUT2D eigenvalue weighted by Crippen LogP contribution is -2.29. The van der Waals surface area contributed by atoms with Crippen molar-refractivity contribution >= 4 is 34.8 Å². The van der Waals surface area contributed by atoms with Crippen molar-refractivity contribution in [2.75, 3.05) is 22.1 Å². The van der Waals surface area contributed by atoms with Crippen molar-refractivity contribution in [3.63, 3.8) is 0 Å². The topological polar surface area (TPSA) is 78.5 Å². The van der Waals surface area contributed by atoms with Crippen LogP contribution in [0, 0.1) is 6.92 Å². The normalized spacial score (nSPS) is 13.6. The number of carbonyl (C=O) groups excluding carboxylic acids is 3. The summed E-state index contributed by atoms with van der Waals surface area (Å²) in [6, 6.07) is 14.1. The molecule has 0 atom stereocenters. The van der Waals surface area contributed by atoms with E-state index >= 15 is 0 Å². The molecule has 1 aliphatic heterocycles. The van der Waals surface area contributed by atoms with Gasteiger partial charge in [0.1, 0.15) is 0 Å². The van der Waals surface area contributed by atoms with Gasteiger partial charge in [0.25, 0.3) is 0 Å². The first-order valence-corrected chi connectivity index (χ1v) is 8.12. The van der Waals surface area contributed by atoms with Gasteiger partial charge in [0, 0.05) is 30.0 Å². The van der Waals surface area contributed by atoms with Gasteiger partial charge >= 0.3 is 11.8 Å². The van der Waals surface area contributed by atoms with E-state index in [1.807, 2.05) is 13.0 Å². The van der Waals surface area contributed by atoms with E-state index < -0.39 is 11.8 Å². The first-order chi connectivity index (χ1) is 12.0. The number of benzene rings is 2. The highest BCUT2D eigenvalue weighted by Gasteiger charge is 2.21. The summed E-state index contributed by atoms with van der Waals surface area (Å²) >= 11 is 0. The Hall–Kier alpha value is -3.15. The van der Waals surface area contributed by atoms with Gasteiger partial charge < -0.3 is 15.5 Å². The number of rotatable bonds is 3. The van der Waals surface area contributed by atoms with Crippen molar-refractivity contribution in [3.8, 4) is 0 Å². The molecule has 2 aromatic rings. The van der Waals surface area contributed by atoms with Crippen molar-refractivity contribution < 1.29 is 14.4 Å². The molecule has 1 heterocycles. The Balaban J connectivity index is 1.60. The maximum atomic E-state index is 12.0. The second-order valence-corrected chi connectivity index (χ2v) is 5.97. The monoisotopic (exact) mass is 337 g/mol. The van der Waals surface area contributed by atoms with E-state index in [1.165, 1.54) is 0 Å². The zero-order valence-corrected chi connectivity index (χ0v) is 13.9. The predicted molar refractivity (Wildman–Crippen MR) is 96.5 cm³/mol. The van der Waals surface area contributed by atoms with Crippen LogP contribution in [0.25, 0.3) is 0 Å². The highest BCUT2D eigenvalue weighted by atomic mass is 16.2. The van der Waals surface area contributed by atoms with Crippen LogP contribution < -0.4 is 15.5 Å². The Morgan fingerprint density at radius 3 is 2.24 bits per heavy atom. The fourth-order valence-electron chi connectivity index (χ4n) is 2.74. The first kappa shape index (κ1) is 16.7. The summed E-state index contributed by atoms with van der Waals surface area (Å²) in [5.74, 6) is -1.37. The summed E-state index contributed by atoms with van der Waals surface area (Å²) in [6.45, 7) is 2.62. The Labute approximate surface area is 145 Å².